The van der Waals surface area contributed by atoms with E-state index in [2.05, 4.69) is 30.3 Å². The number of ether oxygens (including phenoxy) is 1. The molecule has 3 nitrogen and oxygen atoms in total. The normalized spacial score (nSPS) is 38.3. The number of rotatable bonds is 1. The number of aryl methyl sites for hydroxylation is 1. The van der Waals surface area contributed by atoms with Crippen LogP contribution in [0.15, 0.2) is 23.4 Å². The Bertz CT molecular complexity index is 624. The van der Waals surface area contributed by atoms with Gasteiger partial charge in [-0.05, 0) is 79.5 Å². The average Bonchev–Trinajstić information content (AvgIpc) is 2.90. The summed E-state index contributed by atoms with van der Waals surface area (Å²) < 4.78 is 5.39. The zero-order chi connectivity index (χ0) is 15.3. The van der Waals surface area contributed by atoms with E-state index in [9.17, 15) is 5.21 Å². The molecular formula is C19H25NO2. The highest BCUT2D eigenvalue weighted by molar-refractivity contribution is 5.92. The van der Waals surface area contributed by atoms with Gasteiger partial charge in [-0.15, -0.1) is 0 Å². The molecule has 0 amide bonds. The van der Waals surface area contributed by atoms with Gasteiger partial charge in [-0.1, -0.05) is 18.1 Å². The van der Waals surface area contributed by atoms with Gasteiger partial charge in [0.25, 0.3) is 0 Å². The third-order valence-electron chi connectivity index (χ3n) is 6.80. The van der Waals surface area contributed by atoms with E-state index in [-0.39, 0.29) is 5.41 Å². The molecular weight excluding hydrogens is 274 g/mol. The van der Waals surface area contributed by atoms with Crippen molar-refractivity contribution in [2.24, 2.45) is 22.4 Å². The Morgan fingerprint density at radius 2 is 2.09 bits per heavy atom. The van der Waals surface area contributed by atoms with E-state index in [4.69, 9.17) is 4.74 Å². The van der Waals surface area contributed by atoms with Crippen LogP contribution < -0.4 is 4.74 Å². The Kier molecular flexibility index (Phi) is 3.21. The zero-order valence-electron chi connectivity index (χ0n) is 13.5. The molecule has 0 saturated heterocycles. The topological polar surface area (TPSA) is 41.8 Å². The van der Waals surface area contributed by atoms with Gasteiger partial charge in [0.05, 0.1) is 12.8 Å². The zero-order valence-corrected chi connectivity index (χ0v) is 13.5. The molecule has 0 bridgehead atoms. The number of methoxy groups -OCH3 is 1. The van der Waals surface area contributed by atoms with Gasteiger partial charge in [-0.3, -0.25) is 0 Å². The van der Waals surface area contributed by atoms with Gasteiger partial charge >= 0.3 is 0 Å². The lowest BCUT2D eigenvalue weighted by atomic mass is 9.55. The molecule has 4 rings (SSSR count). The van der Waals surface area contributed by atoms with Crippen LogP contribution in [-0.4, -0.2) is 18.0 Å². The fourth-order valence-corrected chi connectivity index (χ4v) is 5.64. The lowest BCUT2D eigenvalue weighted by Gasteiger charge is -2.48. The number of nitrogens with zero attached hydrogens (tertiary/aromatic N) is 1. The van der Waals surface area contributed by atoms with Crippen molar-refractivity contribution in [2.75, 3.05) is 7.11 Å². The number of hydrogen-bond donors (Lipinski definition) is 1. The summed E-state index contributed by atoms with van der Waals surface area (Å²) in [6.45, 7) is 2.33. The maximum absolute atomic E-state index is 9.36. The molecule has 1 N–H and O–H groups in total. The van der Waals surface area contributed by atoms with Crippen LogP contribution in [-0.2, 0) is 6.42 Å². The third kappa shape index (κ3) is 1.84. The van der Waals surface area contributed by atoms with Gasteiger partial charge in [0.2, 0.25) is 0 Å². The summed E-state index contributed by atoms with van der Waals surface area (Å²) in [6, 6.07) is 6.64. The monoisotopic (exact) mass is 299 g/mol. The number of oxime groups is 1. The summed E-state index contributed by atoms with van der Waals surface area (Å²) in [4.78, 5) is 0. The van der Waals surface area contributed by atoms with Gasteiger partial charge < -0.3 is 9.94 Å². The molecule has 0 aromatic heterocycles. The lowest BCUT2D eigenvalue weighted by molar-refractivity contribution is 0.0938. The van der Waals surface area contributed by atoms with Gasteiger partial charge in [-0.2, -0.15) is 0 Å². The van der Waals surface area contributed by atoms with E-state index in [1.165, 1.54) is 24.8 Å². The molecule has 0 aliphatic heterocycles. The number of benzene rings is 1. The van der Waals surface area contributed by atoms with Crippen LogP contribution >= 0.6 is 0 Å². The van der Waals surface area contributed by atoms with Crippen molar-refractivity contribution in [3.05, 3.63) is 29.3 Å². The first kappa shape index (κ1) is 14.1. The quantitative estimate of drug-likeness (QED) is 0.617. The van der Waals surface area contributed by atoms with Crippen molar-refractivity contribution in [3.63, 3.8) is 0 Å². The molecule has 3 heteroatoms. The summed E-state index contributed by atoms with van der Waals surface area (Å²) in [5.41, 5.74) is 4.23. The third-order valence-corrected chi connectivity index (χ3v) is 6.80. The van der Waals surface area contributed by atoms with E-state index in [1.54, 1.807) is 12.7 Å². The van der Waals surface area contributed by atoms with E-state index in [1.807, 2.05) is 0 Å². The fraction of sp³-hybridized carbons (Fsp3) is 0.632. The molecule has 0 spiro atoms. The van der Waals surface area contributed by atoms with Gasteiger partial charge in [0, 0.05) is 5.41 Å². The van der Waals surface area contributed by atoms with Crippen molar-refractivity contribution >= 4 is 5.71 Å². The largest absolute Gasteiger partial charge is 0.497 e. The van der Waals surface area contributed by atoms with Crippen molar-refractivity contribution in [3.8, 4) is 5.75 Å². The minimum Gasteiger partial charge on any atom is -0.497 e. The smallest absolute Gasteiger partial charge is 0.119 e. The predicted molar refractivity (Wildman–Crippen MR) is 86.8 cm³/mol. The summed E-state index contributed by atoms with van der Waals surface area (Å²) >= 11 is 0. The number of fused-ring (bicyclic) bond motifs is 5. The Morgan fingerprint density at radius 1 is 1.23 bits per heavy atom. The highest BCUT2D eigenvalue weighted by atomic mass is 16.5. The van der Waals surface area contributed by atoms with Crippen LogP contribution in [0.3, 0.4) is 0 Å². The SMILES string of the molecule is COc1ccc2c(c1)CCC1C2CCC2(C)/C(=N/O)CCC12. The van der Waals surface area contributed by atoms with Gasteiger partial charge in [0.1, 0.15) is 5.75 Å². The summed E-state index contributed by atoms with van der Waals surface area (Å²) in [7, 11) is 1.74. The molecule has 3 aliphatic rings. The molecule has 3 aliphatic carbocycles. The van der Waals surface area contributed by atoms with Crippen LogP contribution in [0, 0.1) is 17.3 Å². The van der Waals surface area contributed by atoms with Gasteiger partial charge in [-0.25, -0.2) is 0 Å². The van der Waals surface area contributed by atoms with Crippen molar-refractivity contribution in [1.82, 2.24) is 0 Å². The maximum Gasteiger partial charge on any atom is 0.119 e. The standard InChI is InChI=1S/C19H25NO2/c1-19-10-9-15-14-6-4-13(22-2)11-12(14)3-5-16(15)17(19)7-8-18(19)20-21/h4,6,11,15-17,21H,3,5,7-10H2,1-2H3/b20-18+. The Labute approximate surface area is 132 Å². The molecule has 0 radical (unpaired) electrons. The van der Waals surface area contributed by atoms with Crippen molar-refractivity contribution in [2.45, 2.75) is 51.4 Å². The molecule has 0 heterocycles. The van der Waals surface area contributed by atoms with E-state index in [0.717, 1.165) is 36.6 Å². The highest BCUT2D eigenvalue weighted by Crippen LogP contribution is 2.59. The average molecular weight is 299 g/mol. The second-order valence-corrected chi connectivity index (χ2v) is 7.52. The summed E-state index contributed by atoms with van der Waals surface area (Å²) in [5, 5.41) is 13.0. The molecule has 2 fully saturated rings. The van der Waals surface area contributed by atoms with Crippen molar-refractivity contribution < 1.29 is 9.94 Å². The number of hydrogen-bond acceptors (Lipinski definition) is 3. The van der Waals surface area contributed by atoms with E-state index < -0.39 is 0 Å². The molecule has 118 valence electrons. The first-order valence-electron chi connectivity index (χ1n) is 8.55. The molecule has 4 unspecified atom stereocenters. The second kappa shape index (κ2) is 5.00. The van der Waals surface area contributed by atoms with Crippen molar-refractivity contribution in [1.29, 1.82) is 0 Å². The van der Waals surface area contributed by atoms with Crippen LogP contribution in [0.2, 0.25) is 0 Å². The molecule has 2 saturated carbocycles. The molecule has 1 aromatic rings. The fourth-order valence-electron chi connectivity index (χ4n) is 5.64. The lowest BCUT2D eigenvalue weighted by Crippen LogP contribution is -2.42. The van der Waals surface area contributed by atoms with E-state index in [0.29, 0.717) is 11.8 Å². The van der Waals surface area contributed by atoms with E-state index >= 15 is 0 Å². The summed E-state index contributed by atoms with van der Waals surface area (Å²) in [6.07, 6.45) is 6.98. The predicted octanol–water partition coefficient (Wildman–Crippen LogP) is 4.38. The van der Waals surface area contributed by atoms with Crippen LogP contribution in [0.25, 0.3) is 0 Å². The molecule has 22 heavy (non-hydrogen) atoms. The minimum atomic E-state index is 0.139. The first-order valence-corrected chi connectivity index (χ1v) is 8.55. The Hall–Kier alpha value is -1.51. The minimum absolute atomic E-state index is 0.139. The van der Waals surface area contributed by atoms with Crippen LogP contribution in [0.5, 0.6) is 5.75 Å². The highest BCUT2D eigenvalue weighted by Gasteiger charge is 2.53. The first-order chi connectivity index (χ1) is 10.7. The molecule has 4 atom stereocenters. The molecule has 1 aromatic carbocycles. The van der Waals surface area contributed by atoms with Crippen LogP contribution in [0.1, 0.15) is 56.1 Å². The summed E-state index contributed by atoms with van der Waals surface area (Å²) in [5.74, 6) is 3.10. The maximum atomic E-state index is 9.36. The van der Waals surface area contributed by atoms with Gasteiger partial charge in [0.15, 0.2) is 0 Å². The Balaban J connectivity index is 1.69. The van der Waals surface area contributed by atoms with Crippen LogP contribution in [0.4, 0.5) is 0 Å². The Morgan fingerprint density at radius 3 is 2.86 bits per heavy atom. The second-order valence-electron chi connectivity index (χ2n) is 7.52.